The quantitative estimate of drug-likeness (QED) is 0.466. The summed E-state index contributed by atoms with van der Waals surface area (Å²) in [6.07, 6.45) is 2.09. The van der Waals surface area contributed by atoms with Crippen molar-refractivity contribution >= 4 is 34.3 Å². The monoisotopic (exact) mass is 549 g/mol. The van der Waals surface area contributed by atoms with Crippen LogP contribution in [0, 0.1) is 11.6 Å². The fourth-order valence-electron chi connectivity index (χ4n) is 6.29. The first-order valence-electron chi connectivity index (χ1n) is 13.3. The first kappa shape index (κ1) is 26.1. The summed E-state index contributed by atoms with van der Waals surface area (Å²) in [7, 11) is 0. The van der Waals surface area contributed by atoms with E-state index in [1.165, 1.54) is 34.1 Å². The summed E-state index contributed by atoms with van der Waals surface area (Å²) in [5, 5.41) is 7.03. The first-order chi connectivity index (χ1) is 18.9. The Hall–Kier alpha value is -4.15. The van der Waals surface area contributed by atoms with Crippen LogP contribution in [0.1, 0.15) is 76.7 Å². The van der Waals surface area contributed by atoms with Gasteiger partial charge in [0.05, 0.1) is 22.8 Å². The summed E-state index contributed by atoms with van der Waals surface area (Å²) < 4.78 is 34.9. The summed E-state index contributed by atoms with van der Waals surface area (Å²) >= 11 is 0. The number of carbonyl (C=O) groups excluding carboxylic acids is 2. The van der Waals surface area contributed by atoms with E-state index >= 15 is 4.39 Å². The van der Waals surface area contributed by atoms with E-state index in [4.69, 9.17) is 9.73 Å². The maximum absolute atomic E-state index is 15.0. The molecule has 1 spiro atoms. The Morgan fingerprint density at radius 3 is 2.38 bits per heavy atom. The lowest BCUT2D eigenvalue weighted by Crippen LogP contribution is -2.52. The highest BCUT2D eigenvalue weighted by atomic mass is 19.1. The van der Waals surface area contributed by atoms with Gasteiger partial charge in [0, 0.05) is 5.39 Å². The number of carbonyl (C=O) groups is 2. The summed E-state index contributed by atoms with van der Waals surface area (Å²) in [6, 6.07) is 5.75. The molecule has 2 aliphatic heterocycles. The first-order valence-corrected chi connectivity index (χ1v) is 13.3. The van der Waals surface area contributed by atoms with Gasteiger partial charge in [0.25, 0.3) is 11.5 Å². The molecule has 2 unspecified atom stereocenters. The highest BCUT2D eigenvalue weighted by Crippen LogP contribution is 2.52. The third kappa shape index (κ3) is 3.98. The lowest BCUT2D eigenvalue weighted by Gasteiger charge is -2.45. The maximum Gasteiger partial charge on any atom is 0.415 e. The molecule has 1 saturated carbocycles. The fraction of sp³-hybridized carbons (Fsp3) is 0.414. The smallest absolute Gasteiger partial charge is 0.415 e. The molecule has 6 rings (SSSR count). The molecule has 1 fully saturated rings. The predicted molar refractivity (Wildman–Crippen MR) is 144 cm³/mol. The molecule has 3 aliphatic rings. The van der Waals surface area contributed by atoms with Crippen molar-refractivity contribution in [1.82, 2.24) is 15.1 Å². The number of aromatic amines is 1. The second-order valence-corrected chi connectivity index (χ2v) is 11.6. The second-order valence-electron chi connectivity index (χ2n) is 11.6. The van der Waals surface area contributed by atoms with Gasteiger partial charge in [0.15, 0.2) is 0 Å². The van der Waals surface area contributed by atoms with Gasteiger partial charge in [-0.05, 0) is 70.4 Å². The molecule has 0 bridgehead atoms. The van der Waals surface area contributed by atoms with E-state index in [-0.39, 0.29) is 28.1 Å². The number of hydrogen-bond donors (Lipinski definition) is 1. The Bertz CT molecular complexity index is 1640. The number of aromatic nitrogens is 2. The highest BCUT2D eigenvalue weighted by Gasteiger charge is 2.55. The van der Waals surface area contributed by atoms with E-state index in [0.29, 0.717) is 24.2 Å². The van der Waals surface area contributed by atoms with Gasteiger partial charge in [-0.25, -0.2) is 18.7 Å². The number of H-pyrrole nitrogens is 1. The number of nitrogens with zero attached hydrogens (tertiary/aromatic N) is 4. The number of rotatable bonds is 2. The van der Waals surface area contributed by atoms with Gasteiger partial charge in [-0.1, -0.05) is 25.0 Å². The minimum Gasteiger partial charge on any atom is -0.443 e. The standard InChI is InChI=1S/C29H29F2N5O4/c1-15-32-29(11-5-6-12-29)26(38)35(15)24-22-21-19(25(37)34-33-22)13-18(31)14-20(21)36(27(39)40-28(2,3)4)23(24)16-7-9-17(30)10-8-16/h7-10,13-14,23-24H,5-6,11-12H2,1-4H3,(H,34,37). The Morgan fingerprint density at radius 1 is 1.05 bits per heavy atom. The van der Waals surface area contributed by atoms with Gasteiger partial charge in [-0.3, -0.25) is 24.4 Å². The van der Waals surface area contributed by atoms with Crippen molar-refractivity contribution in [2.75, 3.05) is 4.90 Å². The van der Waals surface area contributed by atoms with Crippen LogP contribution in [0.5, 0.6) is 0 Å². The summed E-state index contributed by atoms with van der Waals surface area (Å²) in [4.78, 5) is 48.6. The zero-order valence-corrected chi connectivity index (χ0v) is 22.6. The number of amides is 2. The summed E-state index contributed by atoms with van der Waals surface area (Å²) in [5.41, 5.74) is -1.67. The average molecular weight is 550 g/mol. The van der Waals surface area contributed by atoms with Crippen LogP contribution in [0.15, 0.2) is 46.2 Å². The Kier molecular flexibility index (Phi) is 5.83. The van der Waals surface area contributed by atoms with Gasteiger partial charge >= 0.3 is 6.09 Å². The van der Waals surface area contributed by atoms with Crippen LogP contribution in [-0.4, -0.2) is 44.1 Å². The second kappa shape index (κ2) is 8.94. The van der Waals surface area contributed by atoms with Gasteiger partial charge in [0.1, 0.15) is 34.7 Å². The average Bonchev–Trinajstić information content (AvgIpc) is 3.44. The highest BCUT2D eigenvalue weighted by molar-refractivity contribution is 6.10. The van der Waals surface area contributed by atoms with Crippen LogP contribution < -0.4 is 10.5 Å². The van der Waals surface area contributed by atoms with Crippen molar-refractivity contribution in [3.63, 3.8) is 0 Å². The molecule has 1 aliphatic carbocycles. The zero-order valence-electron chi connectivity index (χ0n) is 22.6. The molecule has 2 aromatic carbocycles. The SMILES string of the molecule is CC1=NC2(CCCC2)C(=O)N1C1c2n[nH]c(=O)c3cc(F)cc(c23)N(C(=O)OC(C)(C)C)C1c1ccc(F)cc1. The van der Waals surface area contributed by atoms with Gasteiger partial charge in [0.2, 0.25) is 0 Å². The van der Waals surface area contributed by atoms with Gasteiger partial charge in [-0.15, -0.1) is 0 Å². The molecule has 0 saturated heterocycles. The van der Waals surface area contributed by atoms with Crippen LogP contribution in [0.25, 0.3) is 10.8 Å². The van der Waals surface area contributed by atoms with E-state index in [1.54, 1.807) is 27.7 Å². The van der Waals surface area contributed by atoms with Crippen molar-refractivity contribution in [1.29, 1.82) is 0 Å². The van der Waals surface area contributed by atoms with Crippen LogP contribution in [-0.2, 0) is 9.53 Å². The number of anilines is 1. The third-order valence-corrected chi connectivity index (χ3v) is 7.83. The van der Waals surface area contributed by atoms with Crippen molar-refractivity contribution in [3.8, 4) is 0 Å². The molecule has 1 aromatic heterocycles. The summed E-state index contributed by atoms with van der Waals surface area (Å²) in [5.74, 6) is -1.01. The number of ether oxygens (including phenoxy) is 1. The van der Waals surface area contributed by atoms with Crippen molar-refractivity contribution in [2.45, 2.75) is 76.6 Å². The minimum atomic E-state index is -1.02. The van der Waals surface area contributed by atoms with Crippen molar-refractivity contribution in [3.05, 3.63) is 69.6 Å². The van der Waals surface area contributed by atoms with Crippen LogP contribution in [0.2, 0.25) is 0 Å². The molecule has 3 heterocycles. The van der Waals surface area contributed by atoms with Crippen LogP contribution in [0.4, 0.5) is 19.3 Å². The maximum atomic E-state index is 15.0. The lowest BCUT2D eigenvalue weighted by atomic mass is 9.85. The minimum absolute atomic E-state index is 0.0204. The van der Waals surface area contributed by atoms with Crippen molar-refractivity contribution in [2.24, 2.45) is 4.99 Å². The number of amidine groups is 1. The summed E-state index contributed by atoms with van der Waals surface area (Å²) in [6.45, 7) is 6.83. The molecule has 3 aromatic rings. The van der Waals surface area contributed by atoms with Crippen molar-refractivity contribution < 1.29 is 23.1 Å². The van der Waals surface area contributed by atoms with E-state index in [2.05, 4.69) is 10.2 Å². The molecular weight excluding hydrogens is 520 g/mol. The van der Waals surface area contributed by atoms with Crippen LogP contribution >= 0.6 is 0 Å². The Labute approximate surface area is 228 Å². The van der Waals surface area contributed by atoms with Gasteiger partial charge < -0.3 is 4.74 Å². The topological polar surface area (TPSA) is 108 Å². The molecule has 1 N–H and O–H groups in total. The van der Waals surface area contributed by atoms with Crippen LogP contribution in [0.3, 0.4) is 0 Å². The molecule has 0 radical (unpaired) electrons. The van der Waals surface area contributed by atoms with E-state index in [9.17, 15) is 18.8 Å². The number of hydrogen-bond acceptors (Lipinski definition) is 6. The molecule has 11 heteroatoms. The zero-order chi connectivity index (χ0) is 28.6. The number of nitrogens with one attached hydrogen (secondary N) is 1. The van der Waals surface area contributed by atoms with E-state index in [1.807, 2.05) is 0 Å². The largest absolute Gasteiger partial charge is 0.443 e. The number of benzene rings is 2. The lowest BCUT2D eigenvalue weighted by molar-refractivity contribution is -0.133. The number of aliphatic imine (C=N–C) groups is 1. The Balaban J connectivity index is 1.67. The fourth-order valence-corrected chi connectivity index (χ4v) is 6.29. The molecule has 2 amide bonds. The van der Waals surface area contributed by atoms with E-state index < -0.39 is 46.5 Å². The molecule has 2 atom stereocenters. The molecule has 40 heavy (non-hydrogen) atoms. The third-order valence-electron chi connectivity index (χ3n) is 7.83. The number of halogens is 2. The van der Waals surface area contributed by atoms with E-state index in [0.717, 1.165) is 25.0 Å². The Morgan fingerprint density at radius 2 is 1.73 bits per heavy atom. The molecular formula is C29H29F2N5O4. The molecule has 208 valence electrons. The normalized spacial score (nSPS) is 21.9. The molecule has 9 nitrogen and oxygen atoms in total. The predicted octanol–water partition coefficient (Wildman–Crippen LogP) is 5.31. The van der Waals surface area contributed by atoms with Gasteiger partial charge in [-0.2, -0.15) is 5.10 Å².